The molecule has 2 aromatic rings. The third-order valence-electron chi connectivity index (χ3n) is 2.94. The number of carbonyl (C=O) groups is 1. The third-order valence-corrected chi connectivity index (χ3v) is 3.18. The first kappa shape index (κ1) is 15.3. The van der Waals surface area contributed by atoms with Crippen molar-refractivity contribution in [2.75, 3.05) is 5.32 Å². The number of halogens is 1. The van der Waals surface area contributed by atoms with Crippen molar-refractivity contribution in [1.29, 1.82) is 0 Å². The van der Waals surface area contributed by atoms with Crippen LogP contribution < -0.4 is 11.1 Å². The van der Waals surface area contributed by atoms with Gasteiger partial charge >= 0.3 is 0 Å². The van der Waals surface area contributed by atoms with Crippen LogP contribution in [0.1, 0.15) is 41.8 Å². The van der Waals surface area contributed by atoms with Gasteiger partial charge in [-0.15, -0.1) is 0 Å². The Labute approximate surface area is 127 Å². The number of nitrogens with one attached hydrogen (secondary N) is 1. The SMILES string of the molecule is CCCCc1noc(CNc2ccc(Cl)cc2C(N)=O)n1. The molecule has 0 spiro atoms. The van der Waals surface area contributed by atoms with Crippen molar-refractivity contribution < 1.29 is 9.32 Å². The lowest BCUT2D eigenvalue weighted by atomic mass is 10.1. The number of benzene rings is 1. The second-order valence-corrected chi connectivity index (χ2v) is 5.05. The van der Waals surface area contributed by atoms with Crippen LogP contribution in [-0.2, 0) is 13.0 Å². The third kappa shape index (κ3) is 4.19. The lowest BCUT2D eigenvalue weighted by molar-refractivity contribution is 0.100. The highest BCUT2D eigenvalue weighted by Crippen LogP contribution is 2.20. The summed E-state index contributed by atoms with van der Waals surface area (Å²) in [6, 6.07) is 4.89. The molecule has 1 aromatic carbocycles. The number of amides is 1. The van der Waals surface area contributed by atoms with Gasteiger partial charge in [-0.1, -0.05) is 30.1 Å². The van der Waals surface area contributed by atoms with Crippen LogP contribution in [0.4, 0.5) is 5.69 Å². The monoisotopic (exact) mass is 308 g/mol. The lowest BCUT2D eigenvalue weighted by Crippen LogP contribution is -2.14. The van der Waals surface area contributed by atoms with Crippen LogP contribution in [-0.4, -0.2) is 16.0 Å². The maximum absolute atomic E-state index is 11.4. The molecule has 1 aromatic heterocycles. The van der Waals surface area contributed by atoms with Crippen LogP contribution in [0.3, 0.4) is 0 Å². The minimum absolute atomic E-state index is 0.320. The van der Waals surface area contributed by atoms with E-state index in [-0.39, 0.29) is 0 Å². The number of hydrogen-bond acceptors (Lipinski definition) is 5. The van der Waals surface area contributed by atoms with Crippen LogP contribution in [0.5, 0.6) is 0 Å². The number of carbonyl (C=O) groups excluding carboxylic acids is 1. The lowest BCUT2D eigenvalue weighted by Gasteiger charge is -2.08. The summed E-state index contributed by atoms with van der Waals surface area (Å²) < 4.78 is 5.14. The number of nitrogens with two attached hydrogens (primary N) is 1. The van der Waals surface area contributed by atoms with Crippen molar-refractivity contribution in [3.05, 3.63) is 40.5 Å². The molecule has 0 aliphatic carbocycles. The van der Waals surface area contributed by atoms with E-state index < -0.39 is 5.91 Å². The number of nitrogens with zero attached hydrogens (tertiary/aromatic N) is 2. The number of rotatable bonds is 7. The summed E-state index contributed by atoms with van der Waals surface area (Å²) in [5.41, 5.74) is 6.23. The van der Waals surface area contributed by atoms with Gasteiger partial charge < -0.3 is 15.6 Å². The molecule has 0 bridgehead atoms. The molecule has 3 N–H and O–H groups in total. The molecule has 7 heteroatoms. The summed E-state index contributed by atoms with van der Waals surface area (Å²) >= 11 is 5.85. The topological polar surface area (TPSA) is 94.0 Å². The molecule has 0 radical (unpaired) electrons. The van der Waals surface area contributed by atoms with E-state index in [4.69, 9.17) is 21.9 Å². The summed E-state index contributed by atoms with van der Waals surface area (Å²) in [5.74, 6) is 0.612. The number of hydrogen-bond donors (Lipinski definition) is 2. The molecule has 1 amide bonds. The van der Waals surface area contributed by atoms with E-state index >= 15 is 0 Å². The van der Waals surface area contributed by atoms with Gasteiger partial charge in [-0.2, -0.15) is 4.98 Å². The second-order valence-electron chi connectivity index (χ2n) is 4.62. The first-order chi connectivity index (χ1) is 10.1. The van der Waals surface area contributed by atoms with Crippen LogP contribution in [0.15, 0.2) is 22.7 Å². The minimum atomic E-state index is -0.547. The van der Waals surface area contributed by atoms with E-state index in [0.29, 0.717) is 34.5 Å². The summed E-state index contributed by atoms with van der Waals surface area (Å²) in [6.07, 6.45) is 2.90. The molecule has 0 atom stereocenters. The van der Waals surface area contributed by atoms with Gasteiger partial charge in [0.05, 0.1) is 12.1 Å². The van der Waals surface area contributed by atoms with Gasteiger partial charge in [-0.25, -0.2) is 0 Å². The Morgan fingerprint density at radius 3 is 3.00 bits per heavy atom. The van der Waals surface area contributed by atoms with E-state index in [2.05, 4.69) is 22.4 Å². The smallest absolute Gasteiger partial charge is 0.250 e. The number of anilines is 1. The fraction of sp³-hybridized carbons (Fsp3) is 0.357. The Morgan fingerprint density at radius 1 is 1.48 bits per heavy atom. The number of primary amides is 1. The Kier molecular flexibility index (Phi) is 5.16. The average molecular weight is 309 g/mol. The first-order valence-electron chi connectivity index (χ1n) is 6.75. The normalized spacial score (nSPS) is 10.6. The molecule has 21 heavy (non-hydrogen) atoms. The average Bonchev–Trinajstić information content (AvgIpc) is 2.91. The van der Waals surface area contributed by atoms with E-state index in [1.807, 2.05) is 0 Å². The van der Waals surface area contributed by atoms with Gasteiger partial charge in [-0.05, 0) is 24.6 Å². The maximum atomic E-state index is 11.4. The summed E-state index contributed by atoms with van der Waals surface area (Å²) in [5, 5.41) is 7.40. The van der Waals surface area contributed by atoms with Crippen molar-refractivity contribution in [1.82, 2.24) is 10.1 Å². The number of aryl methyl sites for hydroxylation is 1. The van der Waals surface area contributed by atoms with E-state index in [0.717, 1.165) is 19.3 Å². The van der Waals surface area contributed by atoms with Gasteiger partial charge in [0.2, 0.25) is 5.89 Å². The predicted molar refractivity (Wildman–Crippen MR) is 80.2 cm³/mol. The fourth-order valence-corrected chi connectivity index (χ4v) is 2.02. The van der Waals surface area contributed by atoms with Gasteiger partial charge in [0.15, 0.2) is 5.82 Å². The fourth-order valence-electron chi connectivity index (χ4n) is 1.84. The largest absolute Gasteiger partial charge is 0.375 e. The van der Waals surface area contributed by atoms with Crippen molar-refractivity contribution in [3.63, 3.8) is 0 Å². The van der Waals surface area contributed by atoms with Gasteiger partial charge in [0.25, 0.3) is 5.91 Å². The van der Waals surface area contributed by atoms with Gasteiger partial charge in [-0.3, -0.25) is 4.79 Å². The highest BCUT2D eigenvalue weighted by molar-refractivity contribution is 6.31. The molecule has 0 saturated carbocycles. The minimum Gasteiger partial charge on any atom is -0.375 e. The quantitative estimate of drug-likeness (QED) is 0.820. The van der Waals surface area contributed by atoms with Crippen molar-refractivity contribution in [2.24, 2.45) is 5.73 Å². The molecule has 112 valence electrons. The highest BCUT2D eigenvalue weighted by atomic mass is 35.5. The van der Waals surface area contributed by atoms with E-state index in [9.17, 15) is 4.79 Å². The molecule has 6 nitrogen and oxygen atoms in total. The maximum Gasteiger partial charge on any atom is 0.250 e. The molecular formula is C14H17ClN4O2. The van der Waals surface area contributed by atoms with Crippen molar-refractivity contribution in [2.45, 2.75) is 32.7 Å². The van der Waals surface area contributed by atoms with Crippen molar-refractivity contribution >= 4 is 23.2 Å². The predicted octanol–water partition coefficient (Wildman–Crippen LogP) is 2.78. The number of unbranched alkanes of at least 4 members (excludes halogenated alkanes) is 1. The first-order valence-corrected chi connectivity index (χ1v) is 7.12. The Bertz CT molecular complexity index is 627. The van der Waals surface area contributed by atoms with E-state index in [1.165, 1.54) is 6.07 Å². The van der Waals surface area contributed by atoms with Crippen molar-refractivity contribution in [3.8, 4) is 0 Å². The zero-order valence-electron chi connectivity index (χ0n) is 11.7. The van der Waals surface area contributed by atoms with Crippen LogP contribution in [0, 0.1) is 0 Å². The summed E-state index contributed by atoms with van der Waals surface area (Å²) in [6.45, 7) is 2.43. The number of aromatic nitrogens is 2. The molecule has 1 heterocycles. The van der Waals surface area contributed by atoms with Gasteiger partial charge in [0.1, 0.15) is 0 Å². The Balaban J connectivity index is 2.03. The standard InChI is InChI=1S/C14H17ClN4O2/c1-2-3-4-12-18-13(21-19-12)8-17-11-6-5-9(15)7-10(11)14(16)20/h5-7,17H,2-4,8H2,1H3,(H2,16,20). The molecule has 0 saturated heterocycles. The van der Waals surface area contributed by atoms with Crippen LogP contribution in [0.2, 0.25) is 5.02 Å². The zero-order valence-corrected chi connectivity index (χ0v) is 12.5. The molecule has 0 aliphatic heterocycles. The van der Waals surface area contributed by atoms with E-state index in [1.54, 1.807) is 12.1 Å². The highest BCUT2D eigenvalue weighted by Gasteiger charge is 2.11. The zero-order chi connectivity index (χ0) is 15.2. The van der Waals surface area contributed by atoms with Crippen LogP contribution >= 0.6 is 11.6 Å². The summed E-state index contributed by atoms with van der Waals surface area (Å²) in [7, 11) is 0. The Hall–Kier alpha value is -2.08. The molecular weight excluding hydrogens is 292 g/mol. The molecule has 0 aliphatic rings. The van der Waals surface area contributed by atoms with Gasteiger partial charge in [0, 0.05) is 17.1 Å². The molecule has 0 fully saturated rings. The second kappa shape index (κ2) is 7.08. The molecule has 2 rings (SSSR count). The summed E-state index contributed by atoms with van der Waals surface area (Å²) in [4.78, 5) is 15.7. The van der Waals surface area contributed by atoms with Crippen LogP contribution in [0.25, 0.3) is 0 Å². The Morgan fingerprint density at radius 2 is 2.29 bits per heavy atom. The molecule has 0 unspecified atom stereocenters.